The Balaban J connectivity index is 1.51. The van der Waals surface area contributed by atoms with Gasteiger partial charge in [-0.25, -0.2) is 9.97 Å². The molecule has 0 aliphatic carbocycles. The second-order valence-corrected chi connectivity index (χ2v) is 6.33. The fourth-order valence-electron chi connectivity index (χ4n) is 3.17. The Morgan fingerprint density at radius 1 is 1.20 bits per heavy atom. The van der Waals surface area contributed by atoms with Crippen molar-refractivity contribution in [3.63, 3.8) is 0 Å². The van der Waals surface area contributed by atoms with Crippen molar-refractivity contribution in [3.8, 4) is 22.7 Å². The Morgan fingerprint density at radius 2 is 2.08 bits per heavy atom. The molecule has 1 saturated heterocycles. The van der Waals surface area contributed by atoms with Crippen LogP contribution in [0.1, 0.15) is 18.7 Å². The summed E-state index contributed by atoms with van der Waals surface area (Å²) in [6.45, 7) is 2.13. The van der Waals surface area contributed by atoms with E-state index in [-0.39, 0.29) is 5.75 Å². The maximum Gasteiger partial charge on any atom is 0.151 e. The molecule has 1 aromatic carbocycles. The van der Waals surface area contributed by atoms with Crippen molar-refractivity contribution in [1.82, 2.24) is 30.0 Å². The molecule has 128 valence electrons. The van der Waals surface area contributed by atoms with Crippen LogP contribution in [0.25, 0.3) is 16.9 Å². The topological polar surface area (TPSA) is 88.8 Å². The van der Waals surface area contributed by atoms with Crippen LogP contribution < -0.4 is 5.32 Å². The Labute approximate surface area is 145 Å². The molecule has 3 aromatic rings. The molecule has 0 unspecified atom stereocenters. The van der Waals surface area contributed by atoms with Gasteiger partial charge in [0.25, 0.3) is 0 Å². The highest BCUT2D eigenvalue weighted by atomic mass is 16.3. The normalized spacial score (nSPS) is 15.4. The predicted molar refractivity (Wildman–Crippen MR) is 93.3 cm³/mol. The van der Waals surface area contributed by atoms with Gasteiger partial charge in [-0.2, -0.15) is 0 Å². The number of hydrogen-bond donors (Lipinski definition) is 2. The van der Waals surface area contributed by atoms with Crippen LogP contribution >= 0.6 is 0 Å². The summed E-state index contributed by atoms with van der Waals surface area (Å²) in [5, 5.41) is 22.2. The summed E-state index contributed by atoms with van der Waals surface area (Å²) < 4.78 is 1.83. The monoisotopic (exact) mass is 336 g/mol. The van der Waals surface area contributed by atoms with E-state index in [9.17, 15) is 5.11 Å². The third-order valence-corrected chi connectivity index (χ3v) is 4.60. The minimum absolute atomic E-state index is 0.147. The Hall–Kier alpha value is -2.80. The first-order chi connectivity index (χ1) is 12.3. The van der Waals surface area contributed by atoms with Crippen molar-refractivity contribution >= 4 is 0 Å². The number of piperidine rings is 1. The first-order valence-corrected chi connectivity index (χ1v) is 8.50. The Morgan fingerprint density at radius 3 is 2.76 bits per heavy atom. The average Bonchev–Trinajstić information content (AvgIpc) is 3.18. The second kappa shape index (κ2) is 6.98. The van der Waals surface area contributed by atoms with Crippen molar-refractivity contribution in [2.45, 2.75) is 19.3 Å². The minimum atomic E-state index is 0.147. The van der Waals surface area contributed by atoms with Gasteiger partial charge in [-0.1, -0.05) is 0 Å². The lowest BCUT2D eigenvalue weighted by molar-refractivity contribution is 0.366. The molecular formula is C18H20N6O. The number of hydrogen-bond acceptors (Lipinski definition) is 6. The molecule has 0 radical (unpaired) electrons. The molecule has 0 atom stereocenters. The lowest BCUT2D eigenvalue weighted by Crippen LogP contribution is -2.29. The van der Waals surface area contributed by atoms with E-state index in [0.717, 1.165) is 43.9 Å². The molecule has 0 bridgehead atoms. The number of aromatic hydroxyl groups is 1. The number of aromatic nitrogens is 5. The molecule has 2 aromatic heterocycles. The molecule has 3 heterocycles. The van der Waals surface area contributed by atoms with Gasteiger partial charge in [0.2, 0.25) is 0 Å². The van der Waals surface area contributed by atoms with Crippen LogP contribution in [0.3, 0.4) is 0 Å². The Bertz CT molecular complexity index is 825. The van der Waals surface area contributed by atoms with Crippen molar-refractivity contribution in [1.29, 1.82) is 0 Å². The van der Waals surface area contributed by atoms with Gasteiger partial charge in [0, 0.05) is 30.4 Å². The van der Waals surface area contributed by atoms with Crippen molar-refractivity contribution in [2.75, 3.05) is 13.1 Å². The molecule has 1 aliphatic rings. The van der Waals surface area contributed by atoms with E-state index in [1.807, 2.05) is 22.9 Å². The molecule has 0 saturated carbocycles. The van der Waals surface area contributed by atoms with E-state index in [2.05, 4.69) is 25.5 Å². The van der Waals surface area contributed by atoms with Gasteiger partial charge >= 0.3 is 0 Å². The molecule has 25 heavy (non-hydrogen) atoms. The molecule has 2 N–H and O–H groups in total. The van der Waals surface area contributed by atoms with E-state index < -0.39 is 0 Å². The highest BCUT2D eigenvalue weighted by Crippen LogP contribution is 2.29. The van der Waals surface area contributed by atoms with Gasteiger partial charge in [0.05, 0.1) is 18.2 Å². The van der Waals surface area contributed by atoms with E-state index >= 15 is 0 Å². The number of rotatable bonds is 4. The summed E-state index contributed by atoms with van der Waals surface area (Å²) in [6.07, 6.45) is 10.1. The first kappa shape index (κ1) is 15.7. The van der Waals surface area contributed by atoms with Crippen LogP contribution in [0, 0.1) is 5.92 Å². The van der Waals surface area contributed by atoms with Gasteiger partial charge in [-0.3, -0.25) is 0 Å². The summed E-state index contributed by atoms with van der Waals surface area (Å²) in [5.74, 6) is 1.54. The Kier molecular flexibility index (Phi) is 4.39. The van der Waals surface area contributed by atoms with Crippen LogP contribution in [0.15, 0.2) is 43.1 Å². The van der Waals surface area contributed by atoms with Gasteiger partial charge in [-0.15, -0.1) is 10.2 Å². The third kappa shape index (κ3) is 3.51. The molecule has 0 amide bonds. The lowest BCUT2D eigenvalue weighted by Gasteiger charge is -2.21. The van der Waals surface area contributed by atoms with Crippen LogP contribution in [0.2, 0.25) is 0 Å². The SMILES string of the molecule is Oc1cc(-n2ccnc2)ccc1-c1cnc(CC2CCNCC2)nn1. The summed E-state index contributed by atoms with van der Waals surface area (Å²) in [4.78, 5) is 8.45. The zero-order chi connectivity index (χ0) is 17.1. The van der Waals surface area contributed by atoms with Crippen LogP contribution in [0.5, 0.6) is 5.75 Å². The number of nitrogens with zero attached hydrogens (tertiary/aromatic N) is 5. The number of phenols is 1. The van der Waals surface area contributed by atoms with E-state index in [0.29, 0.717) is 17.2 Å². The van der Waals surface area contributed by atoms with Crippen LogP contribution in [-0.4, -0.2) is 42.9 Å². The third-order valence-electron chi connectivity index (χ3n) is 4.60. The highest BCUT2D eigenvalue weighted by Gasteiger charge is 2.16. The molecular weight excluding hydrogens is 316 g/mol. The van der Waals surface area contributed by atoms with Gasteiger partial charge < -0.3 is 15.0 Å². The number of imidazole rings is 1. The molecule has 1 fully saturated rings. The van der Waals surface area contributed by atoms with E-state index in [4.69, 9.17) is 0 Å². The molecule has 0 spiro atoms. The number of benzene rings is 1. The van der Waals surface area contributed by atoms with Crippen molar-refractivity contribution in [2.24, 2.45) is 5.92 Å². The maximum absolute atomic E-state index is 10.3. The van der Waals surface area contributed by atoms with Crippen molar-refractivity contribution < 1.29 is 5.11 Å². The van der Waals surface area contributed by atoms with E-state index in [1.165, 1.54) is 0 Å². The highest BCUT2D eigenvalue weighted by molar-refractivity contribution is 5.67. The zero-order valence-electron chi connectivity index (χ0n) is 13.8. The van der Waals surface area contributed by atoms with Gasteiger partial charge in [0.1, 0.15) is 11.4 Å². The van der Waals surface area contributed by atoms with E-state index in [1.54, 1.807) is 24.8 Å². The maximum atomic E-state index is 10.3. The quantitative estimate of drug-likeness (QED) is 0.757. The summed E-state index contributed by atoms with van der Waals surface area (Å²) in [6, 6.07) is 5.41. The number of phenolic OH excluding ortho intramolecular Hbond substituents is 1. The molecule has 7 heteroatoms. The zero-order valence-corrected chi connectivity index (χ0v) is 13.8. The summed E-state index contributed by atoms with van der Waals surface area (Å²) >= 11 is 0. The second-order valence-electron chi connectivity index (χ2n) is 6.33. The smallest absolute Gasteiger partial charge is 0.151 e. The molecule has 7 nitrogen and oxygen atoms in total. The lowest BCUT2D eigenvalue weighted by atomic mass is 9.94. The van der Waals surface area contributed by atoms with Crippen LogP contribution in [-0.2, 0) is 6.42 Å². The minimum Gasteiger partial charge on any atom is -0.507 e. The van der Waals surface area contributed by atoms with Crippen LogP contribution in [0.4, 0.5) is 0 Å². The average molecular weight is 336 g/mol. The molecule has 1 aliphatic heterocycles. The first-order valence-electron chi connectivity index (χ1n) is 8.50. The number of nitrogens with one attached hydrogen (secondary N) is 1. The largest absolute Gasteiger partial charge is 0.507 e. The predicted octanol–water partition coefficient (Wildman–Crippen LogP) is 1.97. The summed E-state index contributed by atoms with van der Waals surface area (Å²) in [7, 11) is 0. The fourth-order valence-corrected chi connectivity index (χ4v) is 3.17. The fraction of sp³-hybridized carbons (Fsp3) is 0.333. The van der Waals surface area contributed by atoms with Crippen molar-refractivity contribution in [3.05, 3.63) is 48.9 Å². The molecule has 4 rings (SSSR count). The van der Waals surface area contributed by atoms with Gasteiger partial charge in [-0.05, 0) is 44.0 Å². The van der Waals surface area contributed by atoms with Gasteiger partial charge in [0.15, 0.2) is 5.82 Å². The summed E-state index contributed by atoms with van der Waals surface area (Å²) in [5.41, 5.74) is 2.03. The standard InChI is InChI=1S/C18H20N6O/c25-17-10-14(24-8-7-20-12-24)1-2-15(17)16-11-21-18(23-22-16)9-13-3-5-19-6-4-13/h1-2,7-8,10-13,19,25H,3-6,9H2.